The monoisotopic (exact) mass is 332 g/mol. The van der Waals surface area contributed by atoms with Crippen LogP contribution in [0.1, 0.15) is 29.6 Å². The average Bonchev–Trinajstić information content (AvgIpc) is 2.90. The number of piperidine rings is 1. The predicted octanol–water partition coefficient (Wildman–Crippen LogP) is 2.27. The van der Waals surface area contributed by atoms with Gasteiger partial charge in [-0.25, -0.2) is 0 Å². The van der Waals surface area contributed by atoms with Crippen LogP contribution in [0.15, 0.2) is 24.3 Å². The molecule has 0 saturated carbocycles. The molecule has 2 fully saturated rings. The zero-order valence-electron chi connectivity index (χ0n) is 15.0. The van der Waals surface area contributed by atoms with Crippen molar-refractivity contribution >= 4 is 5.91 Å². The van der Waals surface area contributed by atoms with Gasteiger partial charge >= 0.3 is 0 Å². The molecule has 0 N–H and O–H groups in total. The Hall–Kier alpha value is -1.59. The quantitative estimate of drug-likeness (QED) is 0.848. The molecule has 1 aromatic carbocycles. The van der Waals surface area contributed by atoms with E-state index in [0.717, 1.165) is 50.4 Å². The van der Waals surface area contributed by atoms with Crippen molar-refractivity contribution in [1.82, 2.24) is 9.80 Å². The lowest BCUT2D eigenvalue weighted by Crippen LogP contribution is -2.44. The van der Waals surface area contributed by atoms with Gasteiger partial charge in [-0.1, -0.05) is 0 Å². The van der Waals surface area contributed by atoms with Gasteiger partial charge in [-0.05, 0) is 56.0 Å². The number of nitrogens with zero attached hydrogens (tertiary/aromatic N) is 2. The number of likely N-dealkylation sites (tertiary alicyclic amines) is 2. The zero-order chi connectivity index (χ0) is 17.2. The van der Waals surface area contributed by atoms with Gasteiger partial charge in [0.05, 0.1) is 13.7 Å². The van der Waals surface area contributed by atoms with Crippen molar-refractivity contribution in [2.75, 3.05) is 47.5 Å². The van der Waals surface area contributed by atoms with E-state index >= 15 is 0 Å². The summed E-state index contributed by atoms with van der Waals surface area (Å²) < 4.78 is 10.5. The minimum absolute atomic E-state index is 0.132. The Balaban J connectivity index is 1.59. The van der Waals surface area contributed by atoms with Crippen LogP contribution < -0.4 is 4.74 Å². The highest BCUT2D eigenvalue weighted by molar-refractivity contribution is 5.94. The van der Waals surface area contributed by atoms with Crippen molar-refractivity contribution in [3.63, 3.8) is 0 Å². The third kappa shape index (κ3) is 3.42. The van der Waals surface area contributed by atoms with E-state index in [4.69, 9.17) is 9.47 Å². The summed E-state index contributed by atoms with van der Waals surface area (Å²) in [6.45, 7) is 3.61. The average molecular weight is 332 g/mol. The van der Waals surface area contributed by atoms with E-state index in [9.17, 15) is 4.79 Å². The molecule has 1 amide bonds. The van der Waals surface area contributed by atoms with Gasteiger partial charge in [-0.15, -0.1) is 0 Å². The standard InChI is InChI=1S/C19H28N2O3/c1-20-14-19(12-16(20)13-23-2)8-10-21(11-9-19)18(22)15-4-6-17(24-3)7-5-15/h4-7,16H,8-14H2,1-3H3. The molecule has 5 heteroatoms. The van der Waals surface area contributed by atoms with Gasteiger partial charge in [0.15, 0.2) is 0 Å². The van der Waals surface area contributed by atoms with Crippen molar-refractivity contribution in [2.45, 2.75) is 25.3 Å². The van der Waals surface area contributed by atoms with Crippen LogP contribution in [-0.2, 0) is 4.74 Å². The normalized spacial score (nSPS) is 23.6. The maximum Gasteiger partial charge on any atom is 0.253 e. The molecule has 0 aliphatic carbocycles. The van der Waals surface area contributed by atoms with E-state index in [2.05, 4.69) is 11.9 Å². The largest absolute Gasteiger partial charge is 0.497 e. The lowest BCUT2D eigenvalue weighted by Gasteiger charge is -2.39. The molecular formula is C19H28N2O3. The second kappa shape index (κ2) is 7.11. The molecule has 2 heterocycles. The molecule has 2 aliphatic heterocycles. The molecule has 1 atom stereocenters. The van der Waals surface area contributed by atoms with Crippen molar-refractivity contribution < 1.29 is 14.3 Å². The van der Waals surface area contributed by atoms with E-state index in [1.165, 1.54) is 6.42 Å². The number of amides is 1. The number of carbonyl (C=O) groups excluding carboxylic acids is 1. The van der Waals surface area contributed by atoms with Crippen LogP contribution in [0, 0.1) is 5.41 Å². The number of hydrogen-bond donors (Lipinski definition) is 0. The minimum Gasteiger partial charge on any atom is -0.497 e. The molecule has 0 radical (unpaired) electrons. The summed E-state index contributed by atoms with van der Waals surface area (Å²) in [5.74, 6) is 0.912. The van der Waals surface area contributed by atoms with Crippen LogP contribution in [0.4, 0.5) is 0 Å². The lowest BCUT2D eigenvalue weighted by atomic mass is 9.76. The number of hydrogen-bond acceptors (Lipinski definition) is 4. The molecular weight excluding hydrogens is 304 g/mol. The van der Waals surface area contributed by atoms with Crippen molar-refractivity contribution in [1.29, 1.82) is 0 Å². The van der Waals surface area contributed by atoms with Crippen LogP contribution in [0.3, 0.4) is 0 Å². The SMILES string of the molecule is COCC1CC2(CCN(C(=O)c3ccc(OC)cc3)CC2)CN1C. The summed E-state index contributed by atoms with van der Waals surface area (Å²) in [5.41, 5.74) is 1.10. The summed E-state index contributed by atoms with van der Waals surface area (Å²) >= 11 is 0. The molecule has 2 aliphatic rings. The van der Waals surface area contributed by atoms with E-state index in [0.29, 0.717) is 11.5 Å². The zero-order valence-corrected chi connectivity index (χ0v) is 15.0. The van der Waals surface area contributed by atoms with Crippen LogP contribution in [0.25, 0.3) is 0 Å². The van der Waals surface area contributed by atoms with Gasteiger partial charge in [0, 0.05) is 38.3 Å². The number of carbonyl (C=O) groups is 1. The van der Waals surface area contributed by atoms with Crippen molar-refractivity contribution in [2.24, 2.45) is 5.41 Å². The molecule has 5 nitrogen and oxygen atoms in total. The lowest BCUT2D eigenvalue weighted by molar-refractivity contribution is 0.0592. The minimum atomic E-state index is 0.132. The second-order valence-electron chi connectivity index (χ2n) is 7.25. The highest BCUT2D eigenvalue weighted by Gasteiger charge is 2.44. The predicted molar refractivity (Wildman–Crippen MR) is 93.5 cm³/mol. The van der Waals surface area contributed by atoms with E-state index in [-0.39, 0.29) is 5.91 Å². The first-order chi connectivity index (χ1) is 11.6. The number of rotatable bonds is 4. The van der Waals surface area contributed by atoms with Crippen LogP contribution in [0.2, 0.25) is 0 Å². The Morgan fingerprint density at radius 3 is 2.46 bits per heavy atom. The molecule has 1 aromatic rings. The molecule has 0 aromatic heterocycles. The first-order valence-corrected chi connectivity index (χ1v) is 8.69. The van der Waals surface area contributed by atoms with Crippen LogP contribution in [0.5, 0.6) is 5.75 Å². The molecule has 0 bridgehead atoms. The van der Waals surface area contributed by atoms with Gasteiger partial charge in [-0.2, -0.15) is 0 Å². The topological polar surface area (TPSA) is 42.0 Å². The number of methoxy groups -OCH3 is 2. The summed E-state index contributed by atoms with van der Waals surface area (Å²) in [4.78, 5) is 17.1. The van der Waals surface area contributed by atoms with Gasteiger partial charge in [0.2, 0.25) is 0 Å². The van der Waals surface area contributed by atoms with Crippen molar-refractivity contribution in [3.05, 3.63) is 29.8 Å². The molecule has 132 valence electrons. The fraction of sp³-hybridized carbons (Fsp3) is 0.632. The van der Waals surface area contributed by atoms with Gasteiger partial charge in [-0.3, -0.25) is 4.79 Å². The maximum atomic E-state index is 12.7. The highest BCUT2D eigenvalue weighted by Crippen LogP contribution is 2.43. The van der Waals surface area contributed by atoms with Gasteiger partial charge < -0.3 is 19.3 Å². The van der Waals surface area contributed by atoms with Gasteiger partial charge in [0.1, 0.15) is 5.75 Å². The van der Waals surface area contributed by atoms with E-state index < -0.39 is 0 Å². The highest BCUT2D eigenvalue weighted by atomic mass is 16.5. The number of benzene rings is 1. The summed E-state index contributed by atoms with van der Waals surface area (Å²) in [6, 6.07) is 7.91. The Morgan fingerprint density at radius 1 is 1.21 bits per heavy atom. The fourth-order valence-corrected chi connectivity index (χ4v) is 4.22. The summed E-state index contributed by atoms with van der Waals surface area (Å²) in [7, 11) is 5.60. The second-order valence-corrected chi connectivity index (χ2v) is 7.25. The summed E-state index contributed by atoms with van der Waals surface area (Å²) in [6.07, 6.45) is 3.35. The molecule has 3 rings (SSSR count). The Morgan fingerprint density at radius 2 is 1.88 bits per heavy atom. The maximum absolute atomic E-state index is 12.7. The number of ether oxygens (including phenoxy) is 2. The molecule has 24 heavy (non-hydrogen) atoms. The smallest absolute Gasteiger partial charge is 0.253 e. The Kier molecular flexibility index (Phi) is 5.11. The fourth-order valence-electron chi connectivity index (χ4n) is 4.22. The number of likely N-dealkylation sites (N-methyl/N-ethyl adjacent to an activating group) is 1. The van der Waals surface area contributed by atoms with Crippen molar-refractivity contribution in [3.8, 4) is 5.75 Å². The first kappa shape index (κ1) is 17.2. The van der Waals surface area contributed by atoms with E-state index in [1.807, 2.05) is 29.2 Å². The van der Waals surface area contributed by atoms with E-state index in [1.54, 1.807) is 14.2 Å². The van der Waals surface area contributed by atoms with Crippen LogP contribution >= 0.6 is 0 Å². The molecule has 2 saturated heterocycles. The van der Waals surface area contributed by atoms with Gasteiger partial charge in [0.25, 0.3) is 5.91 Å². The molecule has 1 spiro atoms. The van der Waals surface area contributed by atoms with Crippen LogP contribution in [-0.4, -0.2) is 69.3 Å². The Labute approximate surface area is 144 Å². The third-order valence-corrected chi connectivity index (χ3v) is 5.68. The third-order valence-electron chi connectivity index (χ3n) is 5.68. The molecule has 1 unspecified atom stereocenters. The summed E-state index contributed by atoms with van der Waals surface area (Å²) in [5, 5.41) is 0. The first-order valence-electron chi connectivity index (χ1n) is 8.69. The Bertz CT molecular complexity index is 564.